The number of rotatable bonds is 5. The van der Waals surface area contributed by atoms with Gasteiger partial charge in [0.15, 0.2) is 0 Å². The third kappa shape index (κ3) is 3.57. The normalized spacial score (nSPS) is 10.1. The molecule has 1 aromatic carbocycles. The number of hydrogen-bond donors (Lipinski definition) is 2. The molecule has 3 nitrogen and oxygen atoms in total. The van der Waals surface area contributed by atoms with Crippen molar-refractivity contribution < 1.29 is 26.3 Å². The number of aliphatic hydroxyl groups is 1. The zero-order valence-corrected chi connectivity index (χ0v) is 10.5. The number of nitrogens with one attached hydrogen (secondary N) is 1. The van der Waals surface area contributed by atoms with Crippen LogP contribution in [0.5, 0.6) is 0 Å². The van der Waals surface area contributed by atoms with E-state index in [1.165, 1.54) is 6.07 Å². The monoisotopic (exact) mass is 270 g/mol. The molecule has 0 fully saturated rings. The van der Waals surface area contributed by atoms with E-state index in [0.29, 0.717) is 24.4 Å². The predicted octanol–water partition coefficient (Wildman–Crippen LogP) is -0.828. The Morgan fingerprint density at radius 1 is 1.17 bits per heavy atom. The molecule has 98 valence electrons. The molecule has 2 rings (SSSR count). The molecule has 0 bridgehead atoms. The fourth-order valence-corrected chi connectivity index (χ4v) is 1.57. The lowest BCUT2D eigenvalue weighted by molar-refractivity contribution is -0.00000573. The van der Waals surface area contributed by atoms with Crippen LogP contribution in [-0.2, 0) is 6.54 Å². The number of benzene rings is 1. The van der Waals surface area contributed by atoms with Crippen LogP contribution in [0.1, 0.15) is 5.76 Å². The second kappa shape index (κ2) is 7.16. The molecule has 2 aromatic rings. The quantitative estimate of drug-likeness (QED) is 0.698. The first-order valence-electron chi connectivity index (χ1n) is 5.46. The highest BCUT2D eigenvalue weighted by Crippen LogP contribution is 2.24. The zero-order chi connectivity index (χ0) is 12.1. The van der Waals surface area contributed by atoms with E-state index in [1.54, 1.807) is 30.3 Å². The number of furan rings is 1. The van der Waals surface area contributed by atoms with Crippen LogP contribution in [0.15, 0.2) is 40.8 Å². The van der Waals surface area contributed by atoms with Gasteiger partial charge in [0.1, 0.15) is 17.3 Å². The van der Waals surface area contributed by atoms with E-state index < -0.39 is 0 Å². The molecule has 18 heavy (non-hydrogen) atoms. The van der Waals surface area contributed by atoms with Crippen LogP contribution >= 0.6 is 0 Å². The molecule has 0 aliphatic rings. The SMILES string of the molecule is OCCNCc1ccc(-c2ccccc2F)o1.[Cl-]. The summed E-state index contributed by atoms with van der Waals surface area (Å²) in [5, 5.41) is 11.6. The lowest BCUT2D eigenvalue weighted by atomic mass is 10.1. The highest BCUT2D eigenvalue weighted by atomic mass is 35.5. The summed E-state index contributed by atoms with van der Waals surface area (Å²) >= 11 is 0. The summed E-state index contributed by atoms with van der Waals surface area (Å²) in [6.07, 6.45) is 0. The first kappa shape index (κ1) is 14.7. The molecule has 0 aliphatic heterocycles. The van der Waals surface area contributed by atoms with E-state index in [4.69, 9.17) is 9.52 Å². The summed E-state index contributed by atoms with van der Waals surface area (Å²) in [6.45, 7) is 1.12. The maximum absolute atomic E-state index is 13.5. The van der Waals surface area contributed by atoms with Gasteiger partial charge in [-0.3, -0.25) is 0 Å². The van der Waals surface area contributed by atoms with E-state index in [1.807, 2.05) is 0 Å². The van der Waals surface area contributed by atoms with E-state index >= 15 is 0 Å². The van der Waals surface area contributed by atoms with Crippen LogP contribution in [0.2, 0.25) is 0 Å². The Morgan fingerprint density at radius 2 is 1.94 bits per heavy atom. The molecule has 0 amide bonds. The largest absolute Gasteiger partial charge is 1.00 e. The maximum Gasteiger partial charge on any atom is 0.137 e. The van der Waals surface area contributed by atoms with Crippen molar-refractivity contribution in [2.75, 3.05) is 13.2 Å². The highest BCUT2D eigenvalue weighted by Gasteiger charge is 2.08. The van der Waals surface area contributed by atoms with Crippen molar-refractivity contribution in [2.24, 2.45) is 0 Å². The van der Waals surface area contributed by atoms with Gasteiger partial charge in [-0.1, -0.05) is 12.1 Å². The molecule has 0 saturated carbocycles. The summed E-state index contributed by atoms with van der Waals surface area (Å²) in [5.74, 6) is 0.942. The molecule has 5 heteroatoms. The highest BCUT2D eigenvalue weighted by molar-refractivity contribution is 5.58. The third-order valence-corrected chi connectivity index (χ3v) is 2.39. The van der Waals surface area contributed by atoms with Crippen molar-refractivity contribution in [1.29, 1.82) is 0 Å². The molecule has 1 heterocycles. The standard InChI is InChI=1S/C13H14FNO2.ClH/c14-12-4-2-1-3-11(12)13-6-5-10(17-13)9-15-7-8-16;/h1-6,15-16H,7-9H2;1H/p-1. The minimum Gasteiger partial charge on any atom is -1.00 e. The zero-order valence-electron chi connectivity index (χ0n) is 9.70. The first-order chi connectivity index (χ1) is 8.31. The van der Waals surface area contributed by atoms with Crippen LogP contribution in [0.3, 0.4) is 0 Å². The second-order valence-electron chi connectivity index (χ2n) is 3.65. The molecule has 2 N–H and O–H groups in total. The van der Waals surface area contributed by atoms with Gasteiger partial charge in [0.25, 0.3) is 0 Å². The molecular weight excluding hydrogens is 257 g/mol. The molecule has 0 spiro atoms. The Labute approximate surface area is 111 Å². The first-order valence-corrected chi connectivity index (χ1v) is 5.46. The molecule has 0 radical (unpaired) electrons. The maximum atomic E-state index is 13.5. The van der Waals surface area contributed by atoms with E-state index in [0.717, 1.165) is 5.76 Å². The topological polar surface area (TPSA) is 45.4 Å². The van der Waals surface area contributed by atoms with Crippen molar-refractivity contribution in [3.05, 3.63) is 48.0 Å². The number of halogens is 2. The van der Waals surface area contributed by atoms with Crippen molar-refractivity contribution in [3.63, 3.8) is 0 Å². The molecular formula is C13H14ClFNO2-. The van der Waals surface area contributed by atoms with E-state index in [9.17, 15) is 4.39 Å². The minimum atomic E-state index is -0.295. The Balaban J connectivity index is 0.00000162. The lowest BCUT2D eigenvalue weighted by Crippen LogP contribution is -3.00. The van der Waals surface area contributed by atoms with Gasteiger partial charge in [-0.15, -0.1) is 0 Å². The summed E-state index contributed by atoms with van der Waals surface area (Å²) in [7, 11) is 0. The van der Waals surface area contributed by atoms with E-state index in [2.05, 4.69) is 5.32 Å². The Bertz CT molecular complexity index is 487. The van der Waals surface area contributed by atoms with Gasteiger partial charge in [0, 0.05) is 6.54 Å². The summed E-state index contributed by atoms with van der Waals surface area (Å²) in [5.41, 5.74) is 0.459. The Hall–Kier alpha value is -1.36. The van der Waals surface area contributed by atoms with Gasteiger partial charge in [-0.2, -0.15) is 0 Å². The van der Waals surface area contributed by atoms with Gasteiger partial charge in [0.2, 0.25) is 0 Å². The lowest BCUT2D eigenvalue weighted by Gasteiger charge is -2.00. The molecule has 0 atom stereocenters. The fourth-order valence-electron chi connectivity index (χ4n) is 1.57. The Morgan fingerprint density at radius 3 is 2.67 bits per heavy atom. The summed E-state index contributed by atoms with van der Waals surface area (Å²) < 4.78 is 19.0. The average molecular weight is 271 g/mol. The average Bonchev–Trinajstić information content (AvgIpc) is 2.79. The van der Waals surface area contributed by atoms with Crippen LogP contribution in [0.4, 0.5) is 4.39 Å². The van der Waals surface area contributed by atoms with Gasteiger partial charge in [-0.25, -0.2) is 4.39 Å². The van der Waals surface area contributed by atoms with Gasteiger partial charge in [-0.05, 0) is 24.3 Å². The summed E-state index contributed by atoms with van der Waals surface area (Å²) in [4.78, 5) is 0. The van der Waals surface area contributed by atoms with Crippen LogP contribution in [0, 0.1) is 5.82 Å². The molecule has 0 unspecified atom stereocenters. The van der Waals surface area contributed by atoms with Gasteiger partial charge in [0.05, 0.1) is 18.7 Å². The number of aliphatic hydroxyl groups excluding tert-OH is 1. The fraction of sp³-hybridized carbons (Fsp3) is 0.231. The minimum absolute atomic E-state index is 0. The van der Waals surface area contributed by atoms with Crippen molar-refractivity contribution >= 4 is 0 Å². The second-order valence-corrected chi connectivity index (χ2v) is 3.65. The van der Waals surface area contributed by atoms with Crippen LogP contribution in [-0.4, -0.2) is 18.3 Å². The third-order valence-electron chi connectivity index (χ3n) is 2.39. The Kier molecular flexibility index (Phi) is 5.85. The summed E-state index contributed by atoms with van der Waals surface area (Å²) in [6, 6.07) is 10.0. The number of hydrogen-bond acceptors (Lipinski definition) is 3. The predicted molar refractivity (Wildman–Crippen MR) is 62.9 cm³/mol. The smallest absolute Gasteiger partial charge is 0.137 e. The van der Waals surface area contributed by atoms with Crippen molar-refractivity contribution in [2.45, 2.75) is 6.54 Å². The van der Waals surface area contributed by atoms with Crippen LogP contribution < -0.4 is 17.7 Å². The van der Waals surface area contributed by atoms with E-state index in [-0.39, 0.29) is 24.8 Å². The molecule has 0 aliphatic carbocycles. The van der Waals surface area contributed by atoms with Crippen molar-refractivity contribution in [3.8, 4) is 11.3 Å². The van der Waals surface area contributed by atoms with Gasteiger partial charge >= 0.3 is 0 Å². The van der Waals surface area contributed by atoms with Crippen molar-refractivity contribution in [1.82, 2.24) is 5.32 Å². The van der Waals surface area contributed by atoms with Crippen LogP contribution in [0.25, 0.3) is 11.3 Å². The molecule has 1 aromatic heterocycles. The molecule has 0 saturated heterocycles. The van der Waals surface area contributed by atoms with Gasteiger partial charge < -0.3 is 27.2 Å².